The van der Waals surface area contributed by atoms with Gasteiger partial charge in [0.05, 0.1) is 11.5 Å². The number of carbonyl (C=O) groups excluding carboxylic acids is 1. The van der Waals surface area contributed by atoms with Crippen LogP contribution in [0.15, 0.2) is 0 Å². The monoisotopic (exact) mass is 320 g/mol. The normalized spacial score (nSPS) is 20.5. The van der Waals surface area contributed by atoms with Crippen LogP contribution in [0, 0.1) is 0 Å². The van der Waals surface area contributed by atoms with Gasteiger partial charge in [-0.2, -0.15) is 0 Å². The van der Waals surface area contributed by atoms with Crippen molar-refractivity contribution in [1.29, 1.82) is 0 Å². The highest BCUT2D eigenvalue weighted by molar-refractivity contribution is 7.91. The van der Waals surface area contributed by atoms with Gasteiger partial charge in [0, 0.05) is 18.6 Å². The molecule has 1 aliphatic heterocycles. The topological polar surface area (TPSA) is 95.0 Å². The van der Waals surface area contributed by atoms with Crippen molar-refractivity contribution in [1.82, 2.24) is 9.80 Å². The minimum atomic E-state index is -3.17. The van der Waals surface area contributed by atoms with Crippen LogP contribution in [0.4, 0.5) is 4.79 Å². The first-order valence-electron chi connectivity index (χ1n) is 7.17. The van der Waals surface area contributed by atoms with Crippen LogP contribution < -0.4 is 0 Å². The van der Waals surface area contributed by atoms with E-state index in [-0.39, 0.29) is 17.5 Å². The summed E-state index contributed by atoms with van der Waals surface area (Å²) in [5, 5.41) is 9.01. The van der Waals surface area contributed by atoms with Crippen molar-refractivity contribution in [2.75, 3.05) is 24.6 Å². The van der Waals surface area contributed by atoms with Crippen molar-refractivity contribution in [2.24, 2.45) is 0 Å². The summed E-state index contributed by atoms with van der Waals surface area (Å²) in [6.07, 6.45) is 1.06. The first-order chi connectivity index (χ1) is 9.68. The van der Waals surface area contributed by atoms with Gasteiger partial charge in [-0.15, -0.1) is 0 Å². The van der Waals surface area contributed by atoms with Gasteiger partial charge in [0.2, 0.25) is 0 Å². The second kappa shape index (κ2) is 7.11. The number of carboxylic acid groups (broad SMARTS) is 1. The molecule has 0 aliphatic carbocycles. The molecule has 0 aromatic rings. The molecule has 0 bridgehead atoms. The number of carboxylic acids is 1. The highest BCUT2D eigenvalue weighted by Crippen LogP contribution is 2.20. The molecule has 1 fully saturated rings. The summed E-state index contributed by atoms with van der Waals surface area (Å²) >= 11 is 0. The lowest BCUT2D eigenvalue weighted by molar-refractivity contribution is -0.138. The molecule has 0 radical (unpaired) electrons. The lowest BCUT2D eigenvalue weighted by atomic mass is 10.2. The van der Waals surface area contributed by atoms with Crippen LogP contribution in [-0.2, 0) is 14.6 Å². The number of nitrogens with zero attached hydrogens (tertiary/aromatic N) is 2. The number of urea groups is 1. The van der Waals surface area contributed by atoms with Crippen molar-refractivity contribution in [3.8, 4) is 0 Å². The van der Waals surface area contributed by atoms with Gasteiger partial charge in [-0.3, -0.25) is 4.79 Å². The summed E-state index contributed by atoms with van der Waals surface area (Å²) in [5.41, 5.74) is 0. The number of amides is 2. The zero-order valence-electron chi connectivity index (χ0n) is 12.8. The fourth-order valence-corrected chi connectivity index (χ4v) is 4.23. The summed E-state index contributed by atoms with van der Waals surface area (Å²) in [7, 11) is -3.17. The predicted molar refractivity (Wildman–Crippen MR) is 78.9 cm³/mol. The Morgan fingerprint density at radius 3 is 2.33 bits per heavy atom. The van der Waals surface area contributed by atoms with E-state index in [1.54, 1.807) is 4.90 Å². The number of rotatable bonds is 6. The Hall–Kier alpha value is -1.31. The van der Waals surface area contributed by atoms with Crippen LogP contribution in [0.3, 0.4) is 0 Å². The lowest BCUT2D eigenvalue weighted by Crippen LogP contribution is -2.52. The minimum Gasteiger partial charge on any atom is -0.480 e. The molecule has 8 heteroatoms. The first kappa shape index (κ1) is 17.7. The predicted octanol–water partition coefficient (Wildman–Crippen LogP) is 0.801. The van der Waals surface area contributed by atoms with E-state index in [0.29, 0.717) is 13.0 Å². The fraction of sp³-hybridized carbons (Fsp3) is 0.846. The zero-order valence-corrected chi connectivity index (χ0v) is 13.6. The van der Waals surface area contributed by atoms with Gasteiger partial charge in [-0.05, 0) is 26.7 Å². The molecule has 0 aromatic carbocycles. The Morgan fingerprint density at radius 1 is 1.33 bits per heavy atom. The summed E-state index contributed by atoms with van der Waals surface area (Å²) in [6, 6.07) is -1.00. The maximum Gasteiger partial charge on any atom is 0.323 e. The zero-order chi connectivity index (χ0) is 16.2. The van der Waals surface area contributed by atoms with Gasteiger partial charge >= 0.3 is 12.0 Å². The first-order valence-corrected chi connectivity index (χ1v) is 8.99. The molecule has 1 unspecified atom stereocenters. The molecule has 7 nitrogen and oxygen atoms in total. The van der Waals surface area contributed by atoms with Crippen LogP contribution in [0.25, 0.3) is 0 Å². The number of hydrogen-bond acceptors (Lipinski definition) is 4. The molecule has 1 rings (SSSR count). The molecule has 0 aromatic heterocycles. The third-order valence-corrected chi connectivity index (χ3v) is 5.28. The number of sulfone groups is 1. The Bertz CT molecular complexity index is 489. The van der Waals surface area contributed by atoms with Gasteiger partial charge in [-0.1, -0.05) is 6.92 Å². The van der Waals surface area contributed by atoms with Crippen LogP contribution in [0.1, 0.15) is 33.6 Å². The van der Waals surface area contributed by atoms with E-state index in [0.717, 1.165) is 6.42 Å². The number of aliphatic carboxylic acids is 1. The molecule has 0 spiro atoms. The largest absolute Gasteiger partial charge is 0.480 e. The van der Waals surface area contributed by atoms with Gasteiger partial charge in [-0.25, -0.2) is 13.2 Å². The van der Waals surface area contributed by atoms with Crippen LogP contribution in [0.5, 0.6) is 0 Å². The summed E-state index contributed by atoms with van der Waals surface area (Å²) in [6.45, 7) is 5.71. The number of carbonyl (C=O) groups is 2. The number of hydrogen-bond donors (Lipinski definition) is 1. The highest BCUT2D eigenvalue weighted by Gasteiger charge is 2.37. The molecular weight excluding hydrogens is 296 g/mol. The Morgan fingerprint density at radius 2 is 1.95 bits per heavy atom. The van der Waals surface area contributed by atoms with Crippen molar-refractivity contribution in [3.05, 3.63) is 0 Å². The van der Waals surface area contributed by atoms with Crippen LogP contribution >= 0.6 is 0 Å². The summed E-state index contributed by atoms with van der Waals surface area (Å²) < 4.78 is 23.2. The van der Waals surface area contributed by atoms with E-state index in [1.165, 1.54) is 4.90 Å². The van der Waals surface area contributed by atoms with E-state index in [4.69, 9.17) is 5.11 Å². The SMILES string of the molecule is CCCN(C(=O)N(CC(=O)O)C1CCS(=O)(=O)C1)C(C)C. The van der Waals surface area contributed by atoms with Gasteiger partial charge in [0.1, 0.15) is 6.54 Å². The molecule has 1 aliphatic rings. The van der Waals surface area contributed by atoms with E-state index in [2.05, 4.69) is 0 Å². The second-order valence-corrected chi connectivity index (χ2v) is 7.88. The van der Waals surface area contributed by atoms with Gasteiger partial charge in [0.15, 0.2) is 9.84 Å². The Kier molecular flexibility index (Phi) is 6.00. The average Bonchev–Trinajstić information content (AvgIpc) is 2.72. The molecule has 1 heterocycles. The Labute approximate surface area is 125 Å². The van der Waals surface area contributed by atoms with Gasteiger partial charge < -0.3 is 14.9 Å². The average molecular weight is 320 g/mol. The standard InChI is InChI=1S/C13H24N2O5S/c1-4-6-14(10(2)3)13(18)15(8-12(16)17)11-5-7-21(19,20)9-11/h10-11H,4-9H2,1-3H3,(H,16,17). The van der Waals surface area contributed by atoms with Crippen molar-refractivity contribution < 1.29 is 23.1 Å². The minimum absolute atomic E-state index is 0.0104. The molecule has 0 saturated carbocycles. The maximum atomic E-state index is 12.6. The highest BCUT2D eigenvalue weighted by atomic mass is 32.2. The van der Waals surface area contributed by atoms with E-state index < -0.39 is 34.4 Å². The lowest BCUT2D eigenvalue weighted by Gasteiger charge is -2.35. The molecule has 1 saturated heterocycles. The smallest absolute Gasteiger partial charge is 0.323 e. The van der Waals surface area contributed by atoms with E-state index in [1.807, 2.05) is 20.8 Å². The molecule has 2 amide bonds. The third-order valence-electron chi connectivity index (χ3n) is 3.53. The quantitative estimate of drug-likeness (QED) is 0.781. The van der Waals surface area contributed by atoms with Crippen LogP contribution in [-0.4, -0.2) is 72.0 Å². The summed E-state index contributed by atoms with van der Waals surface area (Å²) in [5.74, 6) is -1.27. The molecule has 1 atom stereocenters. The molecule has 122 valence electrons. The molecule has 1 N–H and O–H groups in total. The Balaban J connectivity index is 2.96. The van der Waals surface area contributed by atoms with Crippen molar-refractivity contribution in [3.63, 3.8) is 0 Å². The second-order valence-electron chi connectivity index (χ2n) is 5.65. The maximum absolute atomic E-state index is 12.6. The van der Waals surface area contributed by atoms with Crippen molar-refractivity contribution in [2.45, 2.75) is 45.7 Å². The fourth-order valence-electron chi connectivity index (χ4n) is 2.50. The van der Waals surface area contributed by atoms with Gasteiger partial charge in [0.25, 0.3) is 0 Å². The van der Waals surface area contributed by atoms with Crippen molar-refractivity contribution >= 4 is 21.8 Å². The van der Waals surface area contributed by atoms with E-state index in [9.17, 15) is 18.0 Å². The molecular formula is C13H24N2O5S. The summed E-state index contributed by atoms with van der Waals surface area (Å²) in [4.78, 5) is 26.4. The van der Waals surface area contributed by atoms with E-state index >= 15 is 0 Å². The third kappa shape index (κ3) is 4.87. The van der Waals surface area contributed by atoms with Crippen LogP contribution in [0.2, 0.25) is 0 Å². The molecule has 21 heavy (non-hydrogen) atoms.